The summed E-state index contributed by atoms with van der Waals surface area (Å²) in [7, 11) is 0. The van der Waals surface area contributed by atoms with E-state index >= 15 is 0 Å². The monoisotopic (exact) mass is 375 g/mol. The van der Waals surface area contributed by atoms with Crippen LogP contribution >= 0.6 is 11.6 Å². The molecular formula is C18H12ClF2N3O2. The summed E-state index contributed by atoms with van der Waals surface area (Å²) in [5, 5.41) is 6.64. The van der Waals surface area contributed by atoms with E-state index in [0.29, 0.717) is 17.7 Å². The lowest BCUT2D eigenvalue weighted by Gasteiger charge is -2.07. The minimum atomic E-state index is -0.784. The van der Waals surface area contributed by atoms with Gasteiger partial charge in [-0.3, -0.25) is 9.59 Å². The molecule has 0 aliphatic rings. The summed E-state index contributed by atoms with van der Waals surface area (Å²) >= 11 is 5.86. The van der Waals surface area contributed by atoms with Crippen molar-refractivity contribution in [3.05, 3.63) is 76.1 Å². The third kappa shape index (κ3) is 3.48. The quantitative estimate of drug-likeness (QED) is 0.696. The van der Waals surface area contributed by atoms with E-state index in [9.17, 15) is 18.4 Å². The van der Waals surface area contributed by atoms with E-state index in [4.69, 9.17) is 11.6 Å². The number of aromatic nitrogens is 2. The average molecular weight is 376 g/mol. The molecule has 5 nitrogen and oxygen atoms in total. The predicted molar refractivity (Wildman–Crippen MR) is 93.0 cm³/mol. The Labute approximate surface area is 152 Å². The van der Waals surface area contributed by atoms with Crippen LogP contribution in [0.3, 0.4) is 0 Å². The number of amides is 1. The highest BCUT2D eigenvalue weighted by molar-refractivity contribution is 6.33. The van der Waals surface area contributed by atoms with Crippen molar-refractivity contribution in [1.29, 1.82) is 0 Å². The lowest BCUT2D eigenvalue weighted by molar-refractivity contribution is 0.102. The fourth-order valence-electron chi connectivity index (χ4n) is 2.35. The second-order valence-corrected chi connectivity index (χ2v) is 5.88. The van der Waals surface area contributed by atoms with Gasteiger partial charge in [0.15, 0.2) is 6.29 Å². The normalized spacial score (nSPS) is 10.6. The molecule has 0 bridgehead atoms. The standard InChI is InChI=1S/C18H12ClF2N3O2/c1-10-14(8-24(23-10)13-4-2-12(20)3-5-13)18(26)22-17-7-15(19)11(9-25)6-16(17)21/h2-9H,1H3,(H,22,26). The van der Waals surface area contributed by atoms with Crippen molar-refractivity contribution in [3.63, 3.8) is 0 Å². The van der Waals surface area contributed by atoms with Crippen LogP contribution in [0.1, 0.15) is 26.4 Å². The van der Waals surface area contributed by atoms with Gasteiger partial charge in [-0.2, -0.15) is 5.10 Å². The van der Waals surface area contributed by atoms with E-state index < -0.39 is 11.7 Å². The van der Waals surface area contributed by atoms with Gasteiger partial charge in [-0.05, 0) is 43.3 Å². The van der Waals surface area contributed by atoms with Crippen LogP contribution in [0.25, 0.3) is 5.69 Å². The predicted octanol–water partition coefficient (Wildman–Crippen LogP) is 4.18. The molecule has 0 aliphatic heterocycles. The number of aryl methyl sites for hydroxylation is 1. The molecule has 0 spiro atoms. The summed E-state index contributed by atoms with van der Waals surface area (Å²) < 4.78 is 28.5. The second-order valence-electron chi connectivity index (χ2n) is 5.47. The van der Waals surface area contributed by atoms with Gasteiger partial charge in [-0.1, -0.05) is 11.6 Å². The summed E-state index contributed by atoms with van der Waals surface area (Å²) in [6.45, 7) is 1.62. The Morgan fingerprint density at radius 2 is 1.92 bits per heavy atom. The van der Waals surface area contributed by atoms with E-state index in [-0.39, 0.29) is 27.7 Å². The molecule has 0 atom stereocenters. The van der Waals surface area contributed by atoms with Gasteiger partial charge < -0.3 is 5.32 Å². The minimum absolute atomic E-state index is 0.0116. The first-order valence-corrected chi connectivity index (χ1v) is 7.84. The maximum absolute atomic E-state index is 14.0. The van der Waals surface area contributed by atoms with Gasteiger partial charge in [-0.15, -0.1) is 0 Å². The molecule has 8 heteroatoms. The fourth-order valence-corrected chi connectivity index (χ4v) is 2.56. The zero-order chi connectivity index (χ0) is 18.8. The topological polar surface area (TPSA) is 64.0 Å². The summed E-state index contributed by atoms with van der Waals surface area (Å²) in [4.78, 5) is 23.2. The smallest absolute Gasteiger partial charge is 0.259 e. The number of aldehydes is 1. The largest absolute Gasteiger partial charge is 0.319 e. The number of anilines is 1. The minimum Gasteiger partial charge on any atom is -0.319 e. The molecular weight excluding hydrogens is 364 g/mol. The van der Waals surface area contributed by atoms with Crippen molar-refractivity contribution in [2.45, 2.75) is 6.92 Å². The van der Waals surface area contributed by atoms with Crippen LogP contribution in [0.2, 0.25) is 5.02 Å². The molecule has 0 saturated carbocycles. The first-order valence-electron chi connectivity index (χ1n) is 7.47. The molecule has 1 heterocycles. The SMILES string of the molecule is Cc1nn(-c2ccc(F)cc2)cc1C(=O)Nc1cc(Cl)c(C=O)cc1F. The van der Waals surface area contributed by atoms with Crippen LogP contribution < -0.4 is 5.32 Å². The van der Waals surface area contributed by atoms with Gasteiger partial charge >= 0.3 is 0 Å². The van der Waals surface area contributed by atoms with Crippen LogP contribution in [0.15, 0.2) is 42.6 Å². The lowest BCUT2D eigenvalue weighted by Crippen LogP contribution is -2.13. The van der Waals surface area contributed by atoms with Crippen molar-refractivity contribution in [3.8, 4) is 5.69 Å². The Balaban J connectivity index is 1.88. The third-order valence-corrected chi connectivity index (χ3v) is 4.02. The number of halogens is 3. The molecule has 0 fully saturated rings. The molecule has 26 heavy (non-hydrogen) atoms. The molecule has 0 saturated heterocycles. The lowest BCUT2D eigenvalue weighted by atomic mass is 10.2. The van der Waals surface area contributed by atoms with E-state index in [1.165, 1.54) is 35.1 Å². The van der Waals surface area contributed by atoms with E-state index in [1.807, 2.05) is 0 Å². The number of benzene rings is 2. The van der Waals surface area contributed by atoms with Crippen LogP contribution in [-0.4, -0.2) is 22.0 Å². The second kappa shape index (κ2) is 7.05. The number of carbonyl (C=O) groups is 2. The van der Waals surface area contributed by atoms with Crippen LogP contribution in [0.5, 0.6) is 0 Å². The number of hydrogen-bond donors (Lipinski definition) is 1. The van der Waals surface area contributed by atoms with Gasteiger partial charge in [0, 0.05) is 11.8 Å². The molecule has 1 aromatic heterocycles. The summed E-state index contributed by atoms with van der Waals surface area (Å²) in [6.07, 6.45) is 1.88. The Morgan fingerprint density at radius 3 is 2.58 bits per heavy atom. The van der Waals surface area contributed by atoms with E-state index in [2.05, 4.69) is 10.4 Å². The number of rotatable bonds is 4. The Kier molecular flexibility index (Phi) is 4.81. The third-order valence-electron chi connectivity index (χ3n) is 3.70. The van der Waals surface area contributed by atoms with E-state index in [0.717, 1.165) is 12.1 Å². The van der Waals surface area contributed by atoms with Gasteiger partial charge in [-0.25, -0.2) is 13.5 Å². The van der Waals surface area contributed by atoms with Gasteiger partial charge in [0.05, 0.1) is 27.7 Å². The summed E-state index contributed by atoms with van der Waals surface area (Å²) in [6, 6.07) is 7.69. The zero-order valence-corrected chi connectivity index (χ0v) is 14.2. The highest BCUT2D eigenvalue weighted by Crippen LogP contribution is 2.24. The highest BCUT2D eigenvalue weighted by atomic mass is 35.5. The number of carbonyl (C=O) groups excluding carboxylic acids is 2. The maximum atomic E-state index is 14.0. The van der Waals surface area contributed by atoms with Crippen molar-refractivity contribution in [2.75, 3.05) is 5.32 Å². The molecule has 0 unspecified atom stereocenters. The van der Waals surface area contributed by atoms with Gasteiger partial charge in [0.2, 0.25) is 0 Å². The molecule has 0 aliphatic carbocycles. The Morgan fingerprint density at radius 1 is 1.23 bits per heavy atom. The Hall–Kier alpha value is -3.06. The summed E-state index contributed by atoms with van der Waals surface area (Å²) in [5.41, 5.74) is 1.02. The van der Waals surface area contributed by atoms with E-state index in [1.54, 1.807) is 6.92 Å². The molecule has 1 N–H and O–H groups in total. The van der Waals surface area contributed by atoms with Crippen LogP contribution in [0.4, 0.5) is 14.5 Å². The summed E-state index contributed by atoms with van der Waals surface area (Å²) in [5.74, 6) is -1.76. The van der Waals surface area contributed by atoms with Crippen molar-refractivity contribution >= 4 is 29.5 Å². The number of nitrogens with one attached hydrogen (secondary N) is 1. The number of hydrogen-bond acceptors (Lipinski definition) is 3. The molecule has 1 amide bonds. The van der Waals surface area contributed by atoms with Crippen molar-refractivity contribution in [1.82, 2.24) is 9.78 Å². The Bertz CT molecular complexity index is 1000. The molecule has 132 valence electrons. The van der Waals surface area contributed by atoms with Crippen LogP contribution in [0, 0.1) is 18.6 Å². The highest BCUT2D eigenvalue weighted by Gasteiger charge is 2.17. The van der Waals surface area contributed by atoms with Crippen LogP contribution in [-0.2, 0) is 0 Å². The fraction of sp³-hybridized carbons (Fsp3) is 0.0556. The van der Waals surface area contributed by atoms with Gasteiger partial charge in [0.25, 0.3) is 5.91 Å². The molecule has 0 radical (unpaired) electrons. The molecule has 3 aromatic rings. The average Bonchev–Trinajstić information content (AvgIpc) is 3.00. The first kappa shape index (κ1) is 17.8. The maximum Gasteiger partial charge on any atom is 0.259 e. The van der Waals surface area contributed by atoms with Crippen molar-refractivity contribution < 1.29 is 18.4 Å². The van der Waals surface area contributed by atoms with Gasteiger partial charge in [0.1, 0.15) is 11.6 Å². The molecule has 3 rings (SSSR count). The first-order chi connectivity index (χ1) is 12.4. The zero-order valence-electron chi connectivity index (χ0n) is 13.5. The molecule has 2 aromatic carbocycles. The van der Waals surface area contributed by atoms with Crippen molar-refractivity contribution in [2.24, 2.45) is 0 Å². The number of nitrogens with zero attached hydrogens (tertiary/aromatic N) is 2.